The summed E-state index contributed by atoms with van der Waals surface area (Å²) in [6, 6.07) is 0. The van der Waals surface area contributed by atoms with Crippen LogP contribution in [-0.2, 0) is 13.5 Å². The van der Waals surface area contributed by atoms with Crippen LogP contribution < -0.4 is 5.32 Å². The first-order chi connectivity index (χ1) is 9.85. The lowest BCUT2D eigenvalue weighted by atomic mass is 9.65. The molecule has 3 nitrogen and oxygen atoms in total. The maximum atomic E-state index is 4.33. The van der Waals surface area contributed by atoms with E-state index in [4.69, 9.17) is 0 Å². The molecule has 0 spiro atoms. The third-order valence-corrected chi connectivity index (χ3v) is 4.89. The van der Waals surface area contributed by atoms with E-state index in [1.165, 1.54) is 37.8 Å². The van der Waals surface area contributed by atoms with Crippen molar-refractivity contribution in [1.29, 1.82) is 0 Å². The average molecular weight is 291 g/mol. The Labute approximate surface area is 130 Å². The third kappa shape index (κ3) is 5.14. The highest BCUT2D eigenvalue weighted by Crippen LogP contribution is 2.42. The van der Waals surface area contributed by atoms with Crippen LogP contribution in [0, 0.1) is 23.2 Å². The molecule has 2 atom stereocenters. The van der Waals surface area contributed by atoms with Gasteiger partial charge in [0, 0.05) is 13.2 Å². The summed E-state index contributed by atoms with van der Waals surface area (Å²) in [4.78, 5) is 0. The molecule has 1 saturated carbocycles. The zero-order valence-corrected chi connectivity index (χ0v) is 14.5. The highest BCUT2D eigenvalue weighted by molar-refractivity contribution is 5.06. The fourth-order valence-electron chi connectivity index (χ4n) is 3.74. The number of hydrogen-bond acceptors (Lipinski definition) is 2. The van der Waals surface area contributed by atoms with Crippen LogP contribution in [0.15, 0.2) is 12.4 Å². The van der Waals surface area contributed by atoms with Gasteiger partial charge in [0.05, 0.1) is 6.20 Å². The first kappa shape index (κ1) is 16.5. The Balaban J connectivity index is 1.96. The summed E-state index contributed by atoms with van der Waals surface area (Å²) in [6.45, 7) is 11.7. The molecule has 2 rings (SSSR count). The molecule has 0 amide bonds. The Morgan fingerprint density at radius 3 is 2.76 bits per heavy atom. The largest absolute Gasteiger partial charge is 0.316 e. The van der Waals surface area contributed by atoms with Crippen LogP contribution in [-0.4, -0.2) is 22.9 Å². The number of nitrogens with zero attached hydrogens (tertiary/aromatic N) is 2. The van der Waals surface area contributed by atoms with Gasteiger partial charge in [-0.25, -0.2) is 0 Å². The molecule has 1 N–H and O–H groups in total. The standard InChI is InChI=1S/C18H33N3/c1-14(2)10-19-12-16-6-7-18(3,4)9-17(16)8-15-11-20-21(5)13-15/h11,13-14,16-17,19H,6-10,12H2,1-5H3. The van der Waals surface area contributed by atoms with Gasteiger partial charge in [-0.3, -0.25) is 4.68 Å². The maximum absolute atomic E-state index is 4.33. The summed E-state index contributed by atoms with van der Waals surface area (Å²) in [7, 11) is 2.01. The molecule has 1 aliphatic rings. The molecule has 0 aromatic carbocycles. The minimum absolute atomic E-state index is 0.501. The first-order valence-electron chi connectivity index (χ1n) is 8.54. The molecule has 1 heterocycles. The highest BCUT2D eigenvalue weighted by atomic mass is 15.2. The first-order valence-corrected chi connectivity index (χ1v) is 8.54. The molecule has 1 aromatic heterocycles. The van der Waals surface area contributed by atoms with Crippen LogP contribution in [0.3, 0.4) is 0 Å². The fraction of sp³-hybridized carbons (Fsp3) is 0.833. The van der Waals surface area contributed by atoms with E-state index in [1.54, 1.807) is 0 Å². The van der Waals surface area contributed by atoms with Crippen LogP contribution in [0.2, 0.25) is 0 Å². The lowest BCUT2D eigenvalue weighted by Crippen LogP contribution is -2.37. The van der Waals surface area contributed by atoms with Gasteiger partial charge in [0.25, 0.3) is 0 Å². The normalized spacial score (nSPS) is 25.4. The molecule has 21 heavy (non-hydrogen) atoms. The number of nitrogens with one attached hydrogen (secondary N) is 1. The van der Waals surface area contributed by atoms with E-state index in [-0.39, 0.29) is 0 Å². The van der Waals surface area contributed by atoms with Crippen molar-refractivity contribution in [1.82, 2.24) is 15.1 Å². The van der Waals surface area contributed by atoms with Crippen LogP contribution in [0.4, 0.5) is 0 Å². The molecular formula is C18H33N3. The van der Waals surface area contributed by atoms with E-state index in [0.717, 1.165) is 24.3 Å². The van der Waals surface area contributed by atoms with E-state index >= 15 is 0 Å². The minimum Gasteiger partial charge on any atom is -0.316 e. The fourth-order valence-corrected chi connectivity index (χ4v) is 3.74. The molecular weight excluding hydrogens is 258 g/mol. The molecule has 0 aliphatic heterocycles. The number of rotatable bonds is 6. The highest BCUT2D eigenvalue weighted by Gasteiger charge is 2.34. The predicted molar refractivity (Wildman–Crippen MR) is 89.2 cm³/mol. The quantitative estimate of drug-likeness (QED) is 0.867. The predicted octanol–water partition coefficient (Wildman–Crippen LogP) is 3.65. The van der Waals surface area contributed by atoms with Gasteiger partial charge >= 0.3 is 0 Å². The van der Waals surface area contributed by atoms with Gasteiger partial charge in [0.2, 0.25) is 0 Å². The summed E-state index contributed by atoms with van der Waals surface area (Å²) in [5.41, 5.74) is 1.90. The molecule has 0 saturated heterocycles. The Hall–Kier alpha value is -0.830. The summed E-state index contributed by atoms with van der Waals surface area (Å²) in [5.74, 6) is 2.34. The van der Waals surface area contributed by atoms with Gasteiger partial charge in [0.1, 0.15) is 0 Å². The molecule has 3 heteroatoms. The van der Waals surface area contributed by atoms with Crippen molar-refractivity contribution in [2.45, 2.75) is 53.4 Å². The Morgan fingerprint density at radius 2 is 2.14 bits per heavy atom. The van der Waals surface area contributed by atoms with E-state index in [2.05, 4.69) is 44.3 Å². The second-order valence-corrected chi connectivity index (χ2v) is 8.21. The monoisotopic (exact) mass is 291 g/mol. The van der Waals surface area contributed by atoms with Crippen molar-refractivity contribution < 1.29 is 0 Å². The van der Waals surface area contributed by atoms with Gasteiger partial charge in [0.15, 0.2) is 0 Å². The molecule has 1 aromatic rings. The smallest absolute Gasteiger partial charge is 0.0521 e. The van der Waals surface area contributed by atoms with Gasteiger partial charge in [-0.2, -0.15) is 5.10 Å². The lowest BCUT2D eigenvalue weighted by molar-refractivity contribution is 0.115. The van der Waals surface area contributed by atoms with Gasteiger partial charge in [-0.15, -0.1) is 0 Å². The minimum atomic E-state index is 0.501. The second-order valence-electron chi connectivity index (χ2n) is 8.21. The van der Waals surface area contributed by atoms with Crippen molar-refractivity contribution in [3.8, 4) is 0 Å². The zero-order chi connectivity index (χ0) is 15.5. The van der Waals surface area contributed by atoms with Crippen molar-refractivity contribution in [2.24, 2.45) is 30.2 Å². The summed E-state index contributed by atoms with van der Waals surface area (Å²) < 4.78 is 1.93. The van der Waals surface area contributed by atoms with Crippen molar-refractivity contribution in [3.63, 3.8) is 0 Å². The SMILES string of the molecule is CC(C)CNCC1CCC(C)(C)CC1Cc1cnn(C)c1. The van der Waals surface area contributed by atoms with Gasteiger partial charge in [-0.1, -0.05) is 27.7 Å². The third-order valence-electron chi connectivity index (χ3n) is 4.89. The number of aryl methyl sites for hydroxylation is 1. The number of hydrogen-bond donors (Lipinski definition) is 1. The maximum Gasteiger partial charge on any atom is 0.0521 e. The molecule has 120 valence electrons. The lowest BCUT2D eigenvalue weighted by Gasteiger charge is -2.41. The van der Waals surface area contributed by atoms with Crippen molar-refractivity contribution in [3.05, 3.63) is 18.0 Å². The Kier molecular flexibility index (Phi) is 5.48. The van der Waals surface area contributed by atoms with Crippen LogP contribution in [0.25, 0.3) is 0 Å². The molecule has 0 radical (unpaired) electrons. The summed E-state index contributed by atoms with van der Waals surface area (Å²) in [5, 5.41) is 8.01. The topological polar surface area (TPSA) is 29.9 Å². The number of aromatic nitrogens is 2. The molecule has 2 unspecified atom stereocenters. The molecule has 1 aliphatic carbocycles. The van der Waals surface area contributed by atoms with Crippen molar-refractivity contribution in [2.75, 3.05) is 13.1 Å². The van der Waals surface area contributed by atoms with E-state index in [1.807, 2.05) is 17.9 Å². The zero-order valence-electron chi connectivity index (χ0n) is 14.5. The summed E-state index contributed by atoms with van der Waals surface area (Å²) in [6.07, 6.45) is 9.48. The van der Waals surface area contributed by atoms with Crippen molar-refractivity contribution >= 4 is 0 Å². The molecule has 0 bridgehead atoms. The second kappa shape index (κ2) is 6.95. The average Bonchev–Trinajstić information content (AvgIpc) is 2.76. The Morgan fingerprint density at radius 1 is 1.38 bits per heavy atom. The van der Waals surface area contributed by atoms with E-state index in [0.29, 0.717) is 5.41 Å². The molecule has 1 fully saturated rings. The summed E-state index contributed by atoms with van der Waals surface area (Å²) >= 11 is 0. The van der Waals surface area contributed by atoms with E-state index in [9.17, 15) is 0 Å². The van der Waals surface area contributed by atoms with Crippen LogP contribution >= 0.6 is 0 Å². The van der Waals surface area contributed by atoms with Gasteiger partial charge < -0.3 is 5.32 Å². The van der Waals surface area contributed by atoms with Crippen LogP contribution in [0.5, 0.6) is 0 Å². The van der Waals surface area contributed by atoms with Gasteiger partial charge in [-0.05, 0) is 67.5 Å². The Bertz CT molecular complexity index is 433. The van der Waals surface area contributed by atoms with Crippen LogP contribution in [0.1, 0.15) is 52.5 Å². The van der Waals surface area contributed by atoms with E-state index < -0.39 is 0 Å².